The van der Waals surface area contributed by atoms with Crippen LogP contribution < -0.4 is 5.73 Å². The molecule has 4 heterocycles. The lowest BCUT2D eigenvalue weighted by molar-refractivity contribution is -0.137. The zero-order chi connectivity index (χ0) is 26.3. The normalized spacial score (nSPS) is 12.7. The Labute approximate surface area is 208 Å². The molecule has 1 aromatic carbocycles. The number of amides is 1. The average Bonchev–Trinajstić information content (AvgIpc) is 3.29. The van der Waals surface area contributed by atoms with Crippen LogP contribution in [0.2, 0.25) is 0 Å². The molecule has 1 atom stereocenters. The molecule has 12 heteroatoms. The van der Waals surface area contributed by atoms with E-state index in [-0.39, 0.29) is 24.1 Å². The first-order valence-electron chi connectivity index (χ1n) is 11.3. The number of hydrogen-bond acceptors (Lipinski definition) is 7. The predicted octanol–water partition coefficient (Wildman–Crippen LogP) is 4.38. The second kappa shape index (κ2) is 9.12. The van der Waals surface area contributed by atoms with Gasteiger partial charge in [-0.25, -0.2) is 19.9 Å². The number of pyridine rings is 1. The van der Waals surface area contributed by atoms with Gasteiger partial charge in [0, 0.05) is 29.5 Å². The maximum absolute atomic E-state index is 13.8. The van der Waals surface area contributed by atoms with Gasteiger partial charge in [-0.05, 0) is 50.2 Å². The third-order valence-electron chi connectivity index (χ3n) is 6.09. The van der Waals surface area contributed by atoms with Crippen molar-refractivity contribution in [2.75, 3.05) is 5.73 Å². The molecule has 5 aromatic rings. The summed E-state index contributed by atoms with van der Waals surface area (Å²) in [5.41, 5.74) is 7.14. The molecule has 0 saturated carbocycles. The number of aromatic nitrogens is 6. The van der Waals surface area contributed by atoms with Gasteiger partial charge in [0.2, 0.25) is 5.95 Å². The van der Waals surface area contributed by atoms with E-state index in [2.05, 4.69) is 24.9 Å². The van der Waals surface area contributed by atoms with Crippen molar-refractivity contribution in [2.24, 2.45) is 0 Å². The Morgan fingerprint density at radius 3 is 2.51 bits per heavy atom. The van der Waals surface area contributed by atoms with Crippen molar-refractivity contribution >= 4 is 28.3 Å². The molecule has 37 heavy (non-hydrogen) atoms. The number of nitrogens with zero attached hydrogens (tertiary/aromatic N) is 7. The SMILES string of the molecule is Cc1ncc2c3cc(C(=O)N(Cc4ccc(C(F)(F)F)cn4)[C@H](C)c4ncccn4)ccc3nc(N)n12. The van der Waals surface area contributed by atoms with Crippen LogP contribution in [0.3, 0.4) is 0 Å². The number of rotatable bonds is 5. The van der Waals surface area contributed by atoms with Gasteiger partial charge in [0.15, 0.2) is 0 Å². The number of anilines is 1. The number of benzene rings is 1. The number of halogens is 3. The summed E-state index contributed by atoms with van der Waals surface area (Å²) in [7, 11) is 0. The first kappa shape index (κ1) is 24.1. The second-order valence-electron chi connectivity index (χ2n) is 8.48. The lowest BCUT2D eigenvalue weighted by Crippen LogP contribution is -2.34. The Balaban J connectivity index is 1.56. The monoisotopic (exact) mass is 506 g/mol. The number of aryl methyl sites for hydroxylation is 1. The lowest BCUT2D eigenvalue weighted by Gasteiger charge is -2.28. The van der Waals surface area contributed by atoms with Crippen molar-refractivity contribution in [2.45, 2.75) is 32.6 Å². The van der Waals surface area contributed by atoms with Crippen LogP contribution in [0, 0.1) is 6.92 Å². The van der Waals surface area contributed by atoms with Crippen LogP contribution in [0.25, 0.3) is 16.4 Å². The minimum Gasteiger partial charge on any atom is -0.369 e. The summed E-state index contributed by atoms with van der Waals surface area (Å²) >= 11 is 0. The fraction of sp³-hybridized carbons (Fsp3) is 0.200. The number of nitrogens with two attached hydrogens (primary N) is 1. The Kier molecular flexibility index (Phi) is 5.94. The van der Waals surface area contributed by atoms with Crippen LogP contribution in [-0.4, -0.2) is 40.1 Å². The van der Waals surface area contributed by atoms with E-state index in [4.69, 9.17) is 5.73 Å². The smallest absolute Gasteiger partial charge is 0.369 e. The Morgan fingerprint density at radius 2 is 1.84 bits per heavy atom. The van der Waals surface area contributed by atoms with Gasteiger partial charge >= 0.3 is 6.18 Å². The molecule has 0 aliphatic rings. The van der Waals surface area contributed by atoms with Gasteiger partial charge in [-0.15, -0.1) is 0 Å². The molecule has 4 aromatic heterocycles. The molecule has 188 valence electrons. The average molecular weight is 506 g/mol. The van der Waals surface area contributed by atoms with Crippen molar-refractivity contribution in [1.29, 1.82) is 0 Å². The first-order valence-corrected chi connectivity index (χ1v) is 11.3. The van der Waals surface area contributed by atoms with E-state index in [1.807, 2.05) is 0 Å². The number of nitrogen functional groups attached to an aromatic ring is 1. The predicted molar refractivity (Wildman–Crippen MR) is 129 cm³/mol. The number of carbonyl (C=O) groups is 1. The zero-order valence-electron chi connectivity index (χ0n) is 19.8. The molecule has 0 aliphatic carbocycles. The quantitative estimate of drug-likeness (QED) is 0.376. The molecule has 0 radical (unpaired) electrons. The molecule has 9 nitrogen and oxygen atoms in total. The van der Waals surface area contributed by atoms with E-state index >= 15 is 0 Å². The van der Waals surface area contributed by atoms with Gasteiger partial charge in [0.25, 0.3) is 5.91 Å². The fourth-order valence-electron chi connectivity index (χ4n) is 4.15. The maximum atomic E-state index is 13.8. The highest BCUT2D eigenvalue weighted by atomic mass is 19.4. The summed E-state index contributed by atoms with van der Waals surface area (Å²) in [5, 5.41) is 0.678. The lowest BCUT2D eigenvalue weighted by atomic mass is 10.1. The molecule has 0 unspecified atom stereocenters. The van der Waals surface area contributed by atoms with Crippen LogP contribution in [0.1, 0.15) is 46.2 Å². The van der Waals surface area contributed by atoms with E-state index in [0.29, 0.717) is 33.6 Å². The first-order chi connectivity index (χ1) is 17.6. The molecule has 0 fully saturated rings. The van der Waals surface area contributed by atoms with E-state index in [0.717, 1.165) is 12.3 Å². The topological polar surface area (TPSA) is 115 Å². The second-order valence-corrected chi connectivity index (χ2v) is 8.48. The van der Waals surface area contributed by atoms with Gasteiger partial charge in [0.05, 0.1) is 41.1 Å². The van der Waals surface area contributed by atoms with Crippen LogP contribution >= 0.6 is 0 Å². The van der Waals surface area contributed by atoms with Gasteiger partial charge in [-0.3, -0.25) is 14.2 Å². The standard InChI is InChI=1S/C25H21F3N8O/c1-14(22-30-8-3-9-31-22)35(13-18-6-5-17(11-33-18)25(26,27)28)23(37)16-4-7-20-19(10-16)21-12-32-15(2)36(21)24(29)34-20/h3-12,14H,13H2,1-2H3,(H2,29,34)/t14-/m1/s1. The largest absolute Gasteiger partial charge is 0.417 e. The summed E-state index contributed by atoms with van der Waals surface area (Å²) in [6, 6.07) is 8.28. The molecule has 5 rings (SSSR count). The highest BCUT2D eigenvalue weighted by molar-refractivity contribution is 6.02. The van der Waals surface area contributed by atoms with E-state index in [1.54, 1.807) is 61.1 Å². The summed E-state index contributed by atoms with van der Waals surface area (Å²) < 4.78 is 40.7. The molecule has 0 spiro atoms. The number of hydrogen-bond donors (Lipinski definition) is 1. The molecule has 0 bridgehead atoms. The van der Waals surface area contributed by atoms with Crippen LogP contribution in [0.4, 0.5) is 19.1 Å². The third kappa shape index (κ3) is 4.53. The van der Waals surface area contributed by atoms with Crippen molar-refractivity contribution in [3.8, 4) is 0 Å². The minimum atomic E-state index is -4.51. The molecule has 2 N–H and O–H groups in total. The van der Waals surface area contributed by atoms with Crippen LogP contribution in [-0.2, 0) is 12.7 Å². The van der Waals surface area contributed by atoms with E-state index < -0.39 is 17.8 Å². The number of imidazole rings is 1. The van der Waals surface area contributed by atoms with Crippen molar-refractivity contribution in [3.05, 3.63) is 89.7 Å². The van der Waals surface area contributed by atoms with Crippen molar-refractivity contribution in [1.82, 2.24) is 34.2 Å². The van der Waals surface area contributed by atoms with Crippen molar-refractivity contribution < 1.29 is 18.0 Å². The highest BCUT2D eigenvalue weighted by Crippen LogP contribution is 2.30. The Morgan fingerprint density at radius 1 is 1.08 bits per heavy atom. The fourth-order valence-corrected chi connectivity index (χ4v) is 4.15. The number of fused-ring (bicyclic) bond motifs is 3. The maximum Gasteiger partial charge on any atom is 0.417 e. The third-order valence-corrected chi connectivity index (χ3v) is 6.09. The van der Waals surface area contributed by atoms with Gasteiger partial charge in [0.1, 0.15) is 11.6 Å². The van der Waals surface area contributed by atoms with Gasteiger partial charge < -0.3 is 10.6 Å². The summed E-state index contributed by atoms with van der Waals surface area (Å²) in [5.74, 6) is 0.937. The molecule has 0 saturated heterocycles. The Hall–Kier alpha value is -4.61. The molecule has 1 amide bonds. The van der Waals surface area contributed by atoms with Crippen LogP contribution in [0.5, 0.6) is 0 Å². The highest BCUT2D eigenvalue weighted by Gasteiger charge is 2.31. The molecule has 0 aliphatic heterocycles. The van der Waals surface area contributed by atoms with Gasteiger partial charge in [-0.2, -0.15) is 13.2 Å². The minimum absolute atomic E-state index is 0.0599. The van der Waals surface area contributed by atoms with Crippen LogP contribution in [0.15, 0.2) is 61.2 Å². The van der Waals surface area contributed by atoms with E-state index in [1.165, 1.54) is 11.0 Å². The van der Waals surface area contributed by atoms with Gasteiger partial charge in [-0.1, -0.05) is 0 Å². The molecular weight excluding hydrogens is 485 g/mol. The van der Waals surface area contributed by atoms with E-state index in [9.17, 15) is 18.0 Å². The van der Waals surface area contributed by atoms with Crippen molar-refractivity contribution in [3.63, 3.8) is 0 Å². The summed E-state index contributed by atoms with van der Waals surface area (Å²) in [6.07, 6.45) is 1.03. The Bertz CT molecular complexity index is 1600. The summed E-state index contributed by atoms with van der Waals surface area (Å²) in [6.45, 7) is 3.49. The number of carbonyl (C=O) groups excluding carboxylic acids is 1. The zero-order valence-corrected chi connectivity index (χ0v) is 19.8. The number of alkyl halides is 3. The molecular formula is C25H21F3N8O. The summed E-state index contributed by atoms with van der Waals surface area (Å²) in [4.78, 5) is 36.5.